The molecule has 0 aliphatic carbocycles. The van der Waals surface area contributed by atoms with E-state index in [0.29, 0.717) is 5.41 Å². The highest BCUT2D eigenvalue weighted by Crippen LogP contribution is 2.37. The lowest BCUT2D eigenvalue weighted by Crippen LogP contribution is -2.66. The number of aliphatic carboxylic acids is 2. The predicted molar refractivity (Wildman–Crippen MR) is 105 cm³/mol. The second-order valence-corrected chi connectivity index (χ2v) is 8.38. The Labute approximate surface area is 166 Å². The fourth-order valence-corrected chi connectivity index (χ4v) is 4.62. The van der Waals surface area contributed by atoms with Gasteiger partial charge in [0.05, 0.1) is 23.4 Å². The fourth-order valence-electron chi connectivity index (χ4n) is 3.64. The van der Waals surface area contributed by atoms with Crippen LogP contribution in [0.15, 0.2) is 23.0 Å². The van der Waals surface area contributed by atoms with Crippen LogP contribution in [0.3, 0.4) is 0 Å². The molecule has 2 aromatic rings. The number of nitrogens with zero attached hydrogens (tertiary/aromatic N) is 2. The fraction of sp³-hybridized carbons (Fsp3) is 0.526. The van der Waals surface area contributed by atoms with Crippen LogP contribution in [0.1, 0.15) is 18.9 Å². The highest BCUT2D eigenvalue weighted by Gasteiger charge is 2.48. The zero-order chi connectivity index (χ0) is 20.3. The minimum absolute atomic E-state index is 0.172. The molecule has 0 unspecified atom stereocenters. The lowest BCUT2D eigenvalue weighted by Gasteiger charge is -2.55. The van der Waals surface area contributed by atoms with Crippen molar-refractivity contribution in [2.45, 2.75) is 26.3 Å². The van der Waals surface area contributed by atoms with Gasteiger partial charge in [0, 0.05) is 31.6 Å². The molecule has 2 aliphatic rings. The average Bonchev–Trinajstić information content (AvgIpc) is 2.87. The van der Waals surface area contributed by atoms with Gasteiger partial charge in [0.25, 0.3) is 0 Å². The molecule has 0 radical (unpaired) electrons. The van der Waals surface area contributed by atoms with E-state index >= 15 is 0 Å². The molecule has 9 heteroatoms. The van der Waals surface area contributed by atoms with E-state index in [-0.39, 0.29) is 4.87 Å². The smallest absolute Gasteiger partial charge is 0.414 e. The molecular weight excluding hydrogens is 384 g/mol. The largest absolute Gasteiger partial charge is 0.473 e. The summed E-state index contributed by atoms with van der Waals surface area (Å²) >= 11 is 1.38. The van der Waals surface area contributed by atoms with E-state index in [4.69, 9.17) is 24.5 Å². The van der Waals surface area contributed by atoms with Gasteiger partial charge in [0.1, 0.15) is 0 Å². The third kappa shape index (κ3) is 4.43. The highest BCUT2D eigenvalue weighted by molar-refractivity contribution is 7.16. The molecule has 2 N–H and O–H groups in total. The van der Waals surface area contributed by atoms with Gasteiger partial charge in [-0.15, -0.1) is 0 Å². The van der Waals surface area contributed by atoms with Crippen LogP contribution in [0.25, 0.3) is 10.2 Å². The standard InChI is InChI=1S/C17H22N2O2S.C2H2O4/c1-2-3-13-4-5-14-15(8-13)22-16(20)19(14)7-6-18-9-17(10-18)11-21-12-17;3-1(4)2(5)6/h4-5,8H,2-3,6-7,9-12H2,1H3;(H,3,4)(H,5,6). The molecule has 152 valence electrons. The topological polar surface area (TPSA) is 109 Å². The molecule has 2 saturated heterocycles. The SMILES string of the molecule is CCCc1ccc2c(c1)sc(=O)n2CCN1CC2(COC2)C1.O=C(O)C(=O)O. The number of benzene rings is 1. The summed E-state index contributed by atoms with van der Waals surface area (Å²) in [5, 5.41) is 14.8. The molecule has 28 heavy (non-hydrogen) atoms. The number of fused-ring (bicyclic) bond motifs is 1. The number of hydrogen-bond donors (Lipinski definition) is 2. The minimum Gasteiger partial charge on any atom is -0.473 e. The van der Waals surface area contributed by atoms with Crippen molar-refractivity contribution >= 4 is 33.5 Å². The molecule has 0 atom stereocenters. The summed E-state index contributed by atoms with van der Waals surface area (Å²) in [5.41, 5.74) is 2.88. The van der Waals surface area contributed by atoms with E-state index in [2.05, 4.69) is 30.0 Å². The van der Waals surface area contributed by atoms with E-state index in [9.17, 15) is 4.79 Å². The summed E-state index contributed by atoms with van der Waals surface area (Å²) in [6.45, 7) is 8.04. The minimum atomic E-state index is -1.82. The number of hydrogen-bond acceptors (Lipinski definition) is 6. The first-order valence-electron chi connectivity index (χ1n) is 9.22. The van der Waals surface area contributed by atoms with Gasteiger partial charge < -0.3 is 19.8 Å². The van der Waals surface area contributed by atoms with Gasteiger partial charge in [-0.2, -0.15) is 0 Å². The van der Waals surface area contributed by atoms with Crippen LogP contribution in [0.2, 0.25) is 0 Å². The zero-order valence-electron chi connectivity index (χ0n) is 15.7. The quantitative estimate of drug-likeness (QED) is 0.722. The molecule has 0 amide bonds. The van der Waals surface area contributed by atoms with Gasteiger partial charge in [-0.05, 0) is 24.1 Å². The van der Waals surface area contributed by atoms with Gasteiger partial charge in [-0.25, -0.2) is 9.59 Å². The predicted octanol–water partition coefficient (Wildman–Crippen LogP) is 1.50. The number of ether oxygens (including phenoxy) is 1. The van der Waals surface area contributed by atoms with Crippen LogP contribution in [0.4, 0.5) is 0 Å². The molecule has 0 saturated carbocycles. The maximum atomic E-state index is 12.3. The van der Waals surface area contributed by atoms with Crippen LogP contribution in [-0.4, -0.2) is 64.5 Å². The second kappa shape index (κ2) is 8.42. The highest BCUT2D eigenvalue weighted by atomic mass is 32.1. The Morgan fingerprint density at radius 2 is 1.86 bits per heavy atom. The maximum Gasteiger partial charge on any atom is 0.414 e. The molecular formula is C19H24N2O6S. The molecule has 4 rings (SSSR count). The average molecular weight is 408 g/mol. The number of aromatic nitrogens is 1. The molecule has 1 aromatic heterocycles. The first-order valence-corrected chi connectivity index (χ1v) is 10.0. The number of carboxylic acid groups (broad SMARTS) is 2. The Balaban J connectivity index is 0.000000330. The second-order valence-electron chi connectivity index (χ2n) is 7.39. The van der Waals surface area contributed by atoms with Crippen molar-refractivity contribution in [1.29, 1.82) is 0 Å². The van der Waals surface area contributed by atoms with E-state index in [0.717, 1.165) is 62.5 Å². The molecule has 8 nitrogen and oxygen atoms in total. The Bertz CT molecular complexity index is 910. The van der Waals surface area contributed by atoms with Crippen LogP contribution >= 0.6 is 11.3 Å². The van der Waals surface area contributed by atoms with Gasteiger partial charge in [-0.3, -0.25) is 9.36 Å². The normalized spacial score (nSPS) is 17.5. The Morgan fingerprint density at radius 3 is 2.39 bits per heavy atom. The van der Waals surface area contributed by atoms with Crippen molar-refractivity contribution < 1.29 is 24.5 Å². The molecule has 0 bridgehead atoms. The van der Waals surface area contributed by atoms with E-state index < -0.39 is 11.9 Å². The van der Waals surface area contributed by atoms with Gasteiger partial charge >= 0.3 is 16.8 Å². The van der Waals surface area contributed by atoms with E-state index in [1.54, 1.807) is 0 Å². The lowest BCUT2D eigenvalue weighted by molar-refractivity contribution is -0.189. The Kier molecular flexibility index (Phi) is 6.17. The summed E-state index contributed by atoms with van der Waals surface area (Å²) in [5.74, 6) is -3.65. The number of rotatable bonds is 5. The van der Waals surface area contributed by atoms with Gasteiger partial charge in [-0.1, -0.05) is 30.7 Å². The van der Waals surface area contributed by atoms with Crippen molar-refractivity contribution in [3.63, 3.8) is 0 Å². The van der Waals surface area contributed by atoms with E-state index in [1.807, 2.05) is 4.57 Å². The number of carbonyl (C=O) groups is 2. The maximum absolute atomic E-state index is 12.3. The molecule has 3 heterocycles. The van der Waals surface area contributed by atoms with Crippen molar-refractivity contribution in [1.82, 2.24) is 9.47 Å². The van der Waals surface area contributed by atoms with Crippen LogP contribution in [0, 0.1) is 5.41 Å². The number of likely N-dealkylation sites (tertiary alicyclic amines) is 1. The zero-order valence-corrected chi connectivity index (χ0v) is 16.5. The third-order valence-electron chi connectivity index (χ3n) is 5.03. The molecule has 1 aromatic carbocycles. The molecule has 2 aliphatic heterocycles. The number of carboxylic acids is 2. The number of aryl methyl sites for hydroxylation is 1. The van der Waals surface area contributed by atoms with Gasteiger partial charge in [0.2, 0.25) is 0 Å². The van der Waals surface area contributed by atoms with Crippen molar-refractivity contribution in [2.24, 2.45) is 5.41 Å². The summed E-state index contributed by atoms with van der Waals surface area (Å²) in [6, 6.07) is 6.47. The van der Waals surface area contributed by atoms with Crippen molar-refractivity contribution in [3.05, 3.63) is 33.4 Å². The van der Waals surface area contributed by atoms with Crippen LogP contribution in [0.5, 0.6) is 0 Å². The monoisotopic (exact) mass is 408 g/mol. The number of thiazole rings is 1. The van der Waals surface area contributed by atoms with Gasteiger partial charge in [0.15, 0.2) is 0 Å². The molecule has 2 fully saturated rings. The van der Waals surface area contributed by atoms with Crippen LogP contribution < -0.4 is 4.87 Å². The first kappa shape index (κ1) is 20.5. The summed E-state index contributed by atoms with van der Waals surface area (Å²) in [7, 11) is 0. The summed E-state index contributed by atoms with van der Waals surface area (Å²) in [4.78, 5) is 33.1. The first-order chi connectivity index (χ1) is 13.3. The summed E-state index contributed by atoms with van der Waals surface area (Å²) in [6.07, 6.45) is 2.22. The van der Waals surface area contributed by atoms with Crippen molar-refractivity contribution in [3.8, 4) is 0 Å². The van der Waals surface area contributed by atoms with Crippen molar-refractivity contribution in [2.75, 3.05) is 32.8 Å². The Hall–Kier alpha value is -2.23. The van der Waals surface area contributed by atoms with Crippen LogP contribution in [-0.2, 0) is 27.3 Å². The molecule has 1 spiro atoms. The van der Waals surface area contributed by atoms with E-state index in [1.165, 1.54) is 16.9 Å². The Morgan fingerprint density at radius 1 is 1.18 bits per heavy atom. The summed E-state index contributed by atoms with van der Waals surface area (Å²) < 4.78 is 8.38. The third-order valence-corrected chi connectivity index (χ3v) is 5.97. The lowest BCUT2D eigenvalue weighted by atomic mass is 9.78.